The Balaban J connectivity index is 1.58. The first-order chi connectivity index (χ1) is 16.4. The van der Waals surface area contributed by atoms with Crippen LogP contribution in [0.2, 0.25) is 0 Å². The Hall–Kier alpha value is -4.79. The number of nitrogens with zero attached hydrogens (tertiary/aromatic N) is 3. The number of nitro groups is 1. The third kappa shape index (κ3) is 4.53. The molecular formula is C25H19N3O6. The molecular weight excluding hydrogens is 438 g/mol. The van der Waals surface area contributed by atoms with E-state index >= 15 is 0 Å². The Labute approximate surface area is 194 Å². The van der Waals surface area contributed by atoms with Gasteiger partial charge in [-0.25, -0.2) is 4.79 Å². The second kappa shape index (κ2) is 9.37. The summed E-state index contributed by atoms with van der Waals surface area (Å²) >= 11 is 0. The highest BCUT2D eigenvalue weighted by Crippen LogP contribution is 2.29. The molecule has 3 aromatic carbocycles. The lowest BCUT2D eigenvalue weighted by molar-refractivity contribution is -0.384. The summed E-state index contributed by atoms with van der Waals surface area (Å²) in [6.45, 7) is 1.68. The Morgan fingerprint density at radius 1 is 1.03 bits per heavy atom. The number of amides is 1. The summed E-state index contributed by atoms with van der Waals surface area (Å²) in [5.41, 5.74) is 1.96. The maximum atomic E-state index is 13.0. The monoisotopic (exact) mass is 457 g/mol. The Morgan fingerprint density at radius 3 is 2.35 bits per heavy atom. The summed E-state index contributed by atoms with van der Waals surface area (Å²) in [4.78, 5) is 36.0. The summed E-state index contributed by atoms with van der Waals surface area (Å²) < 4.78 is 10.7. The molecule has 0 atom stereocenters. The highest BCUT2D eigenvalue weighted by molar-refractivity contribution is 6.32. The van der Waals surface area contributed by atoms with Crippen molar-refractivity contribution in [3.8, 4) is 11.5 Å². The van der Waals surface area contributed by atoms with Gasteiger partial charge < -0.3 is 9.47 Å². The minimum atomic E-state index is -0.552. The topological polar surface area (TPSA) is 111 Å². The molecule has 0 fully saturated rings. The van der Waals surface area contributed by atoms with Crippen molar-refractivity contribution in [1.82, 2.24) is 0 Å². The molecule has 0 aliphatic carbocycles. The van der Waals surface area contributed by atoms with Crippen molar-refractivity contribution in [2.45, 2.75) is 6.92 Å². The average molecular weight is 457 g/mol. The van der Waals surface area contributed by atoms with Crippen LogP contribution in [0.1, 0.15) is 22.8 Å². The third-order valence-electron chi connectivity index (χ3n) is 5.11. The van der Waals surface area contributed by atoms with Crippen molar-refractivity contribution in [3.63, 3.8) is 0 Å². The van der Waals surface area contributed by atoms with Crippen LogP contribution in [0.15, 0.2) is 83.5 Å². The van der Waals surface area contributed by atoms with E-state index in [2.05, 4.69) is 5.10 Å². The predicted octanol–water partition coefficient (Wildman–Crippen LogP) is 4.63. The van der Waals surface area contributed by atoms with E-state index in [1.807, 2.05) is 0 Å². The minimum Gasteiger partial charge on any atom is -0.497 e. The largest absolute Gasteiger partial charge is 0.497 e. The molecule has 0 spiro atoms. The number of carbonyl (C=O) groups is 2. The van der Waals surface area contributed by atoms with Gasteiger partial charge in [-0.1, -0.05) is 18.2 Å². The maximum Gasteiger partial charge on any atom is 0.343 e. The fourth-order valence-electron chi connectivity index (χ4n) is 3.31. The van der Waals surface area contributed by atoms with Crippen LogP contribution in [0.5, 0.6) is 11.5 Å². The van der Waals surface area contributed by atoms with Gasteiger partial charge in [0.2, 0.25) is 0 Å². The van der Waals surface area contributed by atoms with E-state index in [1.54, 1.807) is 61.5 Å². The second-order valence-corrected chi connectivity index (χ2v) is 7.29. The molecule has 34 heavy (non-hydrogen) atoms. The predicted molar refractivity (Wildman–Crippen MR) is 126 cm³/mol. The molecule has 0 radical (unpaired) electrons. The smallest absolute Gasteiger partial charge is 0.343 e. The van der Waals surface area contributed by atoms with Gasteiger partial charge in [0.15, 0.2) is 0 Å². The molecule has 1 heterocycles. The van der Waals surface area contributed by atoms with Crippen LogP contribution in [-0.2, 0) is 4.79 Å². The van der Waals surface area contributed by atoms with Crippen LogP contribution >= 0.6 is 0 Å². The summed E-state index contributed by atoms with van der Waals surface area (Å²) in [5, 5.41) is 16.3. The Kier molecular flexibility index (Phi) is 6.18. The molecule has 9 heteroatoms. The van der Waals surface area contributed by atoms with Gasteiger partial charge >= 0.3 is 5.97 Å². The SMILES string of the molecule is COc1ccc(C(=O)Oc2ccccc2/C=C2\C(=O)N(c3ccc([N+](=O)[O-])cc3)N=C2C)cc1. The number of rotatable bonds is 6. The molecule has 0 aromatic heterocycles. The van der Waals surface area contributed by atoms with Gasteiger partial charge in [0.1, 0.15) is 11.5 Å². The maximum absolute atomic E-state index is 13.0. The number of methoxy groups -OCH3 is 1. The number of anilines is 1. The second-order valence-electron chi connectivity index (χ2n) is 7.29. The van der Waals surface area contributed by atoms with E-state index in [4.69, 9.17) is 9.47 Å². The normalized spacial score (nSPS) is 14.2. The van der Waals surface area contributed by atoms with Crippen LogP contribution in [0.4, 0.5) is 11.4 Å². The molecule has 0 saturated carbocycles. The van der Waals surface area contributed by atoms with Crippen molar-refractivity contribution in [2.24, 2.45) is 5.10 Å². The van der Waals surface area contributed by atoms with Crippen LogP contribution in [0, 0.1) is 10.1 Å². The fourth-order valence-corrected chi connectivity index (χ4v) is 3.31. The molecule has 0 bridgehead atoms. The zero-order valence-corrected chi connectivity index (χ0v) is 18.3. The lowest BCUT2D eigenvalue weighted by atomic mass is 10.1. The minimum absolute atomic E-state index is 0.0838. The molecule has 1 amide bonds. The van der Waals surface area contributed by atoms with Crippen molar-refractivity contribution >= 4 is 35.0 Å². The van der Waals surface area contributed by atoms with Crippen molar-refractivity contribution in [3.05, 3.63) is 99.6 Å². The zero-order valence-electron chi connectivity index (χ0n) is 18.3. The molecule has 170 valence electrons. The lowest BCUT2D eigenvalue weighted by Crippen LogP contribution is -2.21. The number of hydrazone groups is 1. The fraction of sp³-hybridized carbons (Fsp3) is 0.0800. The first kappa shape index (κ1) is 22.4. The first-order valence-corrected chi connectivity index (χ1v) is 10.2. The van der Waals surface area contributed by atoms with Gasteiger partial charge in [-0.15, -0.1) is 0 Å². The molecule has 0 saturated heterocycles. The molecule has 0 unspecified atom stereocenters. The number of esters is 1. The van der Waals surface area contributed by atoms with E-state index in [1.165, 1.54) is 36.4 Å². The van der Waals surface area contributed by atoms with Gasteiger partial charge in [-0.2, -0.15) is 10.1 Å². The quantitative estimate of drug-likeness (QED) is 0.175. The Bertz CT molecular complexity index is 1330. The summed E-state index contributed by atoms with van der Waals surface area (Å²) in [6.07, 6.45) is 1.60. The number of para-hydroxylation sites is 1. The summed E-state index contributed by atoms with van der Waals surface area (Å²) in [7, 11) is 1.54. The standard InChI is InChI=1S/C25H19N3O6/c1-16-22(24(29)27(26-16)19-9-11-20(12-10-19)28(31)32)15-18-5-3-4-6-23(18)34-25(30)17-7-13-21(33-2)14-8-17/h3-15H,1-2H3/b22-15-. The van der Waals surface area contributed by atoms with Gasteiger partial charge in [0, 0.05) is 17.7 Å². The molecule has 1 aliphatic heterocycles. The number of non-ortho nitro benzene ring substituents is 1. The van der Waals surface area contributed by atoms with Gasteiger partial charge in [0.25, 0.3) is 11.6 Å². The molecule has 4 rings (SSSR count). The molecule has 9 nitrogen and oxygen atoms in total. The van der Waals surface area contributed by atoms with Crippen LogP contribution in [0.25, 0.3) is 6.08 Å². The third-order valence-corrected chi connectivity index (χ3v) is 5.11. The molecule has 3 aromatic rings. The highest BCUT2D eigenvalue weighted by atomic mass is 16.6. The molecule has 0 N–H and O–H groups in total. The van der Waals surface area contributed by atoms with E-state index in [0.29, 0.717) is 33.8 Å². The van der Waals surface area contributed by atoms with Crippen molar-refractivity contribution in [2.75, 3.05) is 12.1 Å². The number of nitro benzene ring substituents is 1. The number of carbonyl (C=O) groups excluding carboxylic acids is 2. The highest BCUT2D eigenvalue weighted by Gasteiger charge is 2.29. The van der Waals surface area contributed by atoms with Crippen molar-refractivity contribution < 1.29 is 24.0 Å². The van der Waals surface area contributed by atoms with Crippen LogP contribution in [-0.4, -0.2) is 29.6 Å². The van der Waals surface area contributed by atoms with E-state index in [9.17, 15) is 19.7 Å². The van der Waals surface area contributed by atoms with E-state index < -0.39 is 16.8 Å². The Morgan fingerprint density at radius 2 is 1.71 bits per heavy atom. The average Bonchev–Trinajstić information content (AvgIpc) is 3.13. The number of ether oxygens (including phenoxy) is 2. The van der Waals surface area contributed by atoms with E-state index in [0.717, 1.165) is 0 Å². The molecule has 1 aliphatic rings. The van der Waals surface area contributed by atoms with Gasteiger partial charge in [0.05, 0.1) is 34.6 Å². The van der Waals surface area contributed by atoms with Gasteiger partial charge in [-0.3, -0.25) is 14.9 Å². The van der Waals surface area contributed by atoms with Gasteiger partial charge in [-0.05, 0) is 55.5 Å². The van der Waals surface area contributed by atoms with Crippen LogP contribution < -0.4 is 14.5 Å². The number of hydrogen-bond donors (Lipinski definition) is 0. The zero-order chi connectivity index (χ0) is 24.2. The first-order valence-electron chi connectivity index (χ1n) is 10.2. The van der Waals surface area contributed by atoms with E-state index in [-0.39, 0.29) is 11.4 Å². The number of benzene rings is 3. The van der Waals surface area contributed by atoms with Crippen LogP contribution in [0.3, 0.4) is 0 Å². The number of hydrogen-bond acceptors (Lipinski definition) is 7. The lowest BCUT2D eigenvalue weighted by Gasteiger charge is -2.11. The summed E-state index contributed by atoms with van der Waals surface area (Å²) in [5.74, 6) is -0.0502. The van der Waals surface area contributed by atoms with Crippen molar-refractivity contribution in [1.29, 1.82) is 0 Å². The summed E-state index contributed by atoms with van der Waals surface area (Å²) in [6, 6.07) is 18.9.